The van der Waals surface area contributed by atoms with Gasteiger partial charge in [-0.3, -0.25) is 4.79 Å². The Balaban J connectivity index is 0.00000218. The summed E-state index contributed by atoms with van der Waals surface area (Å²) in [5.74, 6) is 0.0383. The summed E-state index contributed by atoms with van der Waals surface area (Å²) in [5, 5.41) is 1.30. The number of nitrogens with one attached hydrogen (secondary N) is 1. The summed E-state index contributed by atoms with van der Waals surface area (Å²) in [6.45, 7) is 2.09. The monoisotopic (exact) mass is 425 g/mol. The van der Waals surface area contributed by atoms with Gasteiger partial charge in [0, 0.05) is 24.0 Å². The van der Waals surface area contributed by atoms with E-state index in [1.54, 1.807) is 0 Å². The lowest BCUT2D eigenvalue weighted by Gasteiger charge is -2.44. The summed E-state index contributed by atoms with van der Waals surface area (Å²) in [7, 11) is 0. The third-order valence-electron chi connectivity index (χ3n) is 6.50. The van der Waals surface area contributed by atoms with Crippen molar-refractivity contribution < 1.29 is 9.53 Å². The molecule has 5 nitrogen and oxygen atoms in total. The highest BCUT2D eigenvalue weighted by atomic mass is 35.5. The van der Waals surface area contributed by atoms with E-state index in [1.807, 2.05) is 35.2 Å². The number of aromatic nitrogens is 1. The SMILES string of the molecule is Cl.N[C@H](Cc1ccccc1)C(=O)N1CCC2(CC1)OCCc1c2[nH]c2ccccc12. The molecule has 2 aliphatic heterocycles. The molecule has 1 amide bonds. The van der Waals surface area contributed by atoms with Crippen LogP contribution in [0.4, 0.5) is 0 Å². The van der Waals surface area contributed by atoms with Gasteiger partial charge in [0.2, 0.25) is 5.91 Å². The lowest BCUT2D eigenvalue weighted by atomic mass is 9.83. The summed E-state index contributed by atoms with van der Waals surface area (Å²) in [4.78, 5) is 18.5. The largest absolute Gasteiger partial charge is 0.368 e. The molecule has 0 radical (unpaired) electrons. The minimum Gasteiger partial charge on any atom is -0.368 e. The number of benzene rings is 2. The van der Waals surface area contributed by atoms with Gasteiger partial charge >= 0.3 is 0 Å². The Hall–Kier alpha value is -2.34. The number of carbonyl (C=O) groups excluding carboxylic acids is 1. The first-order valence-electron chi connectivity index (χ1n) is 10.5. The molecule has 2 aliphatic rings. The van der Waals surface area contributed by atoms with E-state index < -0.39 is 6.04 Å². The van der Waals surface area contributed by atoms with Gasteiger partial charge in [0.15, 0.2) is 0 Å². The topological polar surface area (TPSA) is 71.3 Å². The van der Waals surface area contributed by atoms with Crippen molar-refractivity contribution in [3.63, 3.8) is 0 Å². The molecule has 30 heavy (non-hydrogen) atoms. The maximum Gasteiger partial charge on any atom is 0.239 e. The van der Waals surface area contributed by atoms with Crippen LogP contribution in [0.2, 0.25) is 0 Å². The van der Waals surface area contributed by atoms with Crippen LogP contribution in [0.3, 0.4) is 0 Å². The number of nitrogens with two attached hydrogens (primary N) is 1. The number of ether oxygens (including phenoxy) is 1. The number of piperidine rings is 1. The summed E-state index contributed by atoms with van der Waals surface area (Å²) >= 11 is 0. The molecule has 1 spiro atoms. The molecule has 2 aromatic carbocycles. The van der Waals surface area contributed by atoms with Crippen LogP contribution >= 0.6 is 12.4 Å². The third kappa shape index (κ3) is 3.62. The second-order valence-corrected chi connectivity index (χ2v) is 8.24. The van der Waals surface area contributed by atoms with Crippen molar-refractivity contribution in [2.24, 2.45) is 5.73 Å². The second-order valence-electron chi connectivity index (χ2n) is 8.24. The molecule has 0 bridgehead atoms. The molecule has 5 rings (SSSR count). The predicted molar refractivity (Wildman–Crippen MR) is 121 cm³/mol. The molecular formula is C24H28ClN3O2. The van der Waals surface area contributed by atoms with Gasteiger partial charge < -0.3 is 20.4 Å². The zero-order valence-corrected chi connectivity index (χ0v) is 17.8. The van der Waals surface area contributed by atoms with E-state index in [0.717, 1.165) is 31.4 Å². The number of hydrogen-bond donors (Lipinski definition) is 2. The van der Waals surface area contributed by atoms with Gasteiger partial charge in [-0.15, -0.1) is 12.4 Å². The van der Waals surface area contributed by atoms with Gasteiger partial charge in [-0.1, -0.05) is 48.5 Å². The Morgan fingerprint density at radius 1 is 1.10 bits per heavy atom. The second kappa shape index (κ2) is 8.42. The fraction of sp³-hybridized carbons (Fsp3) is 0.375. The number of carbonyl (C=O) groups is 1. The van der Waals surface area contributed by atoms with Crippen LogP contribution < -0.4 is 5.73 Å². The van der Waals surface area contributed by atoms with Crippen molar-refractivity contribution in [3.8, 4) is 0 Å². The Kier molecular flexibility index (Phi) is 5.87. The average molecular weight is 426 g/mol. The molecule has 0 saturated carbocycles. The number of H-pyrrole nitrogens is 1. The average Bonchev–Trinajstić information content (AvgIpc) is 3.15. The summed E-state index contributed by atoms with van der Waals surface area (Å²) in [5.41, 5.74) is 10.8. The van der Waals surface area contributed by atoms with E-state index in [4.69, 9.17) is 10.5 Å². The number of aromatic amines is 1. The van der Waals surface area contributed by atoms with Crippen molar-refractivity contribution in [1.29, 1.82) is 0 Å². The number of para-hydroxylation sites is 1. The van der Waals surface area contributed by atoms with Crippen LogP contribution in [0.5, 0.6) is 0 Å². The molecular weight excluding hydrogens is 398 g/mol. The number of hydrogen-bond acceptors (Lipinski definition) is 3. The molecule has 3 N–H and O–H groups in total. The van der Waals surface area contributed by atoms with Gasteiger partial charge in [0.05, 0.1) is 18.3 Å². The molecule has 1 aromatic heterocycles. The van der Waals surface area contributed by atoms with Crippen LogP contribution in [-0.4, -0.2) is 41.5 Å². The van der Waals surface area contributed by atoms with Gasteiger partial charge in [-0.2, -0.15) is 0 Å². The minimum absolute atomic E-state index is 0. The zero-order chi connectivity index (χ0) is 19.8. The summed E-state index contributed by atoms with van der Waals surface area (Å²) in [6, 6.07) is 17.9. The van der Waals surface area contributed by atoms with Crippen molar-refractivity contribution in [3.05, 3.63) is 71.4 Å². The standard InChI is InChI=1S/C24H27N3O2.ClH/c25-20(16-17-6-2-1-3-7-17)23(28)27-13-11-24(12-14-27)22-19(10-15-29-24)18-8-4-5-9-21(18)26-22;/h1-9,20,26H,10-16,25H2;1H/t20-;/m1./s1. The molecule has 1 saturated heterocycles. The number of fused-ring (bicyclic) bond motifs is 4. The van der Waals surface area contributed by atoms with E-state index in [0.29, 0.717) is 19.5 Å². The quantitative estimate of drug-likeness (QED) is 0.674. The molecule has 3 heterocycles. The highest BCUT2D eigenvalue weighted by Gasteiger charge is 2.43. The van der Waals surface area contributed by atoms with Crippen LogP contribution in [0.1, 0.15) is 29.7 Å². The normalized spacial score (nSPS) is 18.6. The molecule has 1 fully saturated rings. The van der Waals surface area contributed by atoms with Gasteiger partial charge in [0.1, 0.15) is 5.60 Å². The molecule has 6 heteroatoms. The summed E-state index contributed by atoms with van der Waals surface area (Å²) in [6.07, 6.45) is 3.11. The minimum atomic E-state index is -0.498. The number of halogens is 1. The van der Waals surface area contributed by atoms with E-state index in [1.165, 1.54) is 22.2 Å². The van der Waals surface area contributed by atoms with Gasteiger partial charge in [0.25, 0.3) is 0 Å². The van der Waals surface area contributed by atoms with Gasteiger partial charge in [-0.05, 0) is 42.9 Å². The number of amides is 1. The lowest BCUT2D eigenvalue weighted by Crippen LogP contribution is -2.52. The van der Waals surface area contributed by atoms with Crippen LogP contribution in [0, 0.1) is 0 Å². The van der Waals surface area contributed by atoms with Gasteiger partial charge in [-0.25, -0.2) is 0 Å². The van der Waals surface area contributed by atoms with Crippen LogP contribution in [0.25, 0.3) is 10.9 Å². The fourth-order valence-electron chi connectivity index (χ4n) is 4.94. The molecule has 0 aliphatic carbocycles. The van der Waals surface area contributed by atoms with Crippen LogP contribution in [0.15, 0.2) is 54.6 Å². The molecule has 158 valence electrons. The molecule has 1 atom stereocenters. The third-order valence-corrected chi connectivity index (χ3v) is 6.50. The van der Waals surface area contributed by atoms with Crippen molar-refractivity contribution >= 4 is 29.2 Å². The Bertz CT molecular complexity index is 1030. The number of likely N-dealkylation sites (tertiary alicyclic amines) is 1. The maximum absolute atomic E-state index is 12.9. The number of rotatable bonds is 3. The van der Waals surface area contributed by atoms with E-state index >= 15 is 0 Å². The maximum atomic E-state index is 12.9. The van der Waals surface area contributed by atoms with E-state index in [2.05, 4.69) is 29.2 Å². The Morgan fingerprint density at radius 3 is 2.57 bits per heavy atom. The highest BCUT2D eigenvalue weighted by Crippen LogP contribution is 2.43. The van der Waals surface area contributed by atoms with Crippen molar-refractivity contribution in [2.75, 3.05) is 19.7 Å². The Labute approximate surface area is 183 Å². The molecule has 3 aromatic rings. The van der Waals surface area contributed by atoms with Crippen molar-refractivity contribution in [1.82, 2.24) is 9.88 Å². The predicted octanol–water partition coefficient (Wildman–Crippen LogP) is 3.55. The fourth-order valence-corrected chi connectivity index (χ4v) is 4.94. The highest BCUT2D eigenvalue weighted by molar-refractivity contribution is 5.86. The zero-order valence-electron chi connectivity index (χ0n) is 17.0. The van der Waals surface area contributed by atoms with Crippen LogP contribution in [-0.2, 0) is 28.0 Å². The van der Waals surface area contributed by atoms with E-state index in [-0.39, 0.29) is 23.9 Å². The summed E-state index contributed by atoms with van der Waals surface area (Å²) < 4.78 is 6.35. The first-order chi connectivity index (χ1) is 14.2. The number of nitrogens with zero attached hydrogens (tertiary/aromatic N) is 1. The first-order valence-corrected chi connectivity index (χ1v) is 10.5. The first kappa shape index (κ1) is 20.9. The lowest BCUT2D eigenvalue weighted by molar-refractivity contribution is -0.142. The smallest absolute Gasteiger partial charge is 0.239 e. The molecule has 0 unspecified atom stereocenters. The van der Waals surface area contributed by atoms with Crippen molar-refractivity contribution in [2.45, 2.75) is 37.3 Å². The van der Waals surface area contributed by atoms with E-state index in [9.17, 15) is 4.79 Å². The Morgan fingerprint density at radius 2 is 1.80 bits per heavy atom.